The highest BCUT2D eigenvalue weighted by molar-refractivity contribution is 5.76. The molecule has 0 spiro atoms. The summed E-state index contributed by atoms with van der Waals surface area (Å²) in [6.45, 7) is 6.47. The van der Waals surface area contributed by atoms with E-state index in [1.165, 1.54) is 6.42 Å². The van der Waals surface area contributed by atoms with Crippen molar-refractivity contribution in [2.24, 2.45) is 11.8 Å². The van der Waals surface area contributed by atoms with Gasteiger partial charge < -0.3 is 4.90 Å². The number of likely N-dealkylation sites (tertiary alicyclic amines) is 1. The van der Waals surface area contributed by atoms with Gasteiger partial charge in [-0.2, -0.15) is 0 Å². The molecule has 0 unspecified atom stereocenters. The molecule has 2 rings (SSSR count). The standard InChI is InChI=1S/C17H26N2O/c1-14(2)16-6-4-11-19(12-9-16)17(20)8-7-15-5-3-10-18-13-15/h3,5,10,13-14,16H,4,6-9,11-12H2,1-2H3/t16-/m0/s1. The number of aromatic nitrogens is 1. The summed E-state index contributed by atoms with van der Waals surface area (Å²) in [6, 6.07) is 3.97. The Labute approximate surface area is 122 Å². The second-order valence-electron chi connectivity index (χ2n) is 6.18. The second kappa shape index (κ2) is 7.41. The molecular weight excluding hydrogens is 248 g/mol. The summed E-state index contributed by atoms with van der Waals surface area (Å²) in [5, 5.41) is 0. The maximum Gasteiger partial charge on any atom is 0.222 e. The van der Waals surface area contributed by atoms with Gasteiger partial charge in [0.05, 0.1) is 0 Å². The number of pyridine rings is 1. The molecule has 1 saturated heterocycles. The first-order chi connectivity index (χ1) is 9.66. The SMILES string of the molecule is CC(C)[C@H]1CCCN(C(=O)CCc2cccnc2)CC1. The highest BCUT2D eigenvalue weighted by atomic mass is 16.2. The molecule has 0 aromatic carbocycles. The second-order valence-corrected chi connectivity index (χ2v) is 6.18. The lowest BCUT2D eigenvalue weighted by Crippen LogP contribution is -2.32. The minimum absolute atomic E-state index is 0.304. The normalized spacial score (nSPS) is 19.9. The highest BCUT2D eigenvalue weighted by Gasteiger charge is 2.22. The number of nitrogens with zero attached hydrogens (tertiary/aromatic N) is 2. The van der Waals surface area contributed by atoms with Gasteiger partial charge in [0.25, 0.3) is 0 Å². The molecule has 3 nitrogen and oxygen atoms in total. The largest absolute Gasteiger partial charge is 0.343 e. The van der Waals surface area contributed by atoms with E-state index in [1.54, 1.807) is 6.20 Å². The van der Waals surface area contributed by atoms with Crippen LogP contribution in [0, 0.1) is 11.8 Å². The van der Waals surface area contributed by atoms with E-state index in [2.05, 4.69) is 23.7 Å². The lowest BCUT2D eigenvalue weighted by atomic mass is 9.89. The molecule has 0 N–H and O–H groups in total. The molecule has 20 heavy (non-hydrogen) atoms. The van der Waals surface area contributed by atoms with Crippen LogP contribution in [-0.4, -0.2) is 28.9 Å². The molecule has 0 bridgehead atoms. The Morgan fingerprint density at radius 1 is 1.40 bits per heavy atom. The van der Waals surface area contributed by atoms with Gasteiger partial charge in [-0.3, -0.25) is 9.78 Å². The van der Waals surface area contributed by atoms with Crippen LogP contribution < -0.4 is 0 Å². The van der Waals surface area contributed by atoms with Crippen LogP contribution in [-0.2, 0) is 11.2 Å². The quantitative estimate of drug-likeness (QED) is 0.844. The fourth-order valence-electron chi connectivity index (χ4n) is 2.99. The van der Waals surface area contributed by atoms with E-state index in [0.29, 0.717) is 12.3 Å². The van der Waals surface area contributed by atoms with Crippen LogP contribution in [0.2, 0.25) is 0 Å². The first kappa shape index (κ1) is 15.0. The van der Waals surface area contributed by atoms with Crippen LogP contribution in [0.1, 0.15) is 45.1 Å². The van der Waals surface area contributed by atoms with Crippen LogP contribution in [0.25, 0.3) is 0 Å². The number of hydrogen-bond acceptors (Lipinski definition) is 2. The first-order valence-corrected chi connectivity index (χ1v) is 7.83. The van der Waals surface area contributed by atoms with Crippen molar-refractivity contribution in [1.29, 1.82) is 0 Å². The predicted octanol–water partition coefficient (Wildman–Crippen LogP) is 3.30. The number of carbonyl (C=O) groups excluding carboxylic acids is 1. The van der Waals surface area contributed by atoms with Gasteiger partial charge >= 0.3 is 0 Å². The van der Waals surface area contributed by atoms with Crippen molar-refractivity contribution in [3.05, 3.63) is 30.1 Å². The zero-order valence-electron chi connectivity index (χ0n) is 12.7. The molecule has 3 heteroatoms. The van der Waals surface area contributed by atoms with Crippen LogP contribution in [0.3, 0.4) is 0 Å². The Morgan fingerprint density at radius 3 is 2.95 bits per heavy atom. The van der Waals surface area contributed by atoms with Gasteiger partial charge in [0.2, 0.25) is 5.91 Å². The summed E-state index contributed by atoms with van der Waals surface area (Å²) in [7, 11) is 0. The van der Waals surface area contributed by atoms with E-state index in [0.717, 1.165) is 49.8 Å². The predicted molar refractivity (Wildman–Crippen MR) is 81.3 cm³/mol. The Bertz CT molecular complexity index is 416. The van der Waals surface area contributed by atoms with Gasteiger partial charge in [-0.25, -0.2) is 0 Å². The van der Waals surface area contributed by atoms with Crippen molar-refractivity contribution >= 4 is 5.91 Å². The average molecular weight is 274 g/mol. The third kappa shape index (κ3) is 4.32. The van der Waals surface area contributed by atoms with Gasteiger partial charge in [0.1, 0.15) is 0 Å². The van der Waals surface area contributed by atoms with Crippen molar-refractivity contribution in [2.75, 3.05) is 13.1 Å². The van der Waals surface area contributed by atoms with Crippen LogP contribution in [0.5, 0.6) is 0 Å². The van der Waals surface area contributed by atoms with E-state index in [1.807, 2.05) is 18.3 Å². The molecule has 1 atom stereocenters. The van der Waals surface area contributed by atoms with E-state index >= 15 is 0 Å². The lowest BCUT2D eigenvalue weighted by molar-refractivity contribution is -0.131. The maximum absolute atomic E-state index is 12.3. The Balaban J connectivity index is 1.80. The molecule has 1 amide bonds. The Hall–Kier alpha value is -1.38. The first-order valence-electron chi connectivity index (χ1n) is 7.83. The van der Waals surface area contributed by atoms with Crippen molar-refractivity contribution in [3.8, 4) is 0 Å². The minimum Gasteiger partial charge on any atom is -0.343 e. The molecule has 110 valence electrons. The smallest absolute Gasteiger partial charge is 0.222 e. The van der Waals surface area contributed by atoms with E-state index in [-0.39, 0.29) is 0 Å². The summed E-state index contributed by atoms with van der Waals surface area (Å²) in [5.74, 6) is 1.82. The van der Waals surface area contributed by atoms with Gasteiger partial charge in [-0.15, -0.1) is 0 Å². The van der Waals surface area contributed by atoms with Crippen LogP contribution in [0.15, 0.2) is 24.5 Å². The molecule has 0 aliphatic carbocycles. The molecule has 0 saturated carbocycles. The molecule has 1 fully saturated rings. The molecule has 2 heterocycles. The van der Waals surface area contributed by atoms with Crippen molar-refractivity contribution in [3.63, 3.8) is 0 Å². The zero-order chi connectivity index (χ0) is 14.4. The molecule has 1 aromatic rings. The topological polar surface area (TPSA) is 33.2 Å². The summed E-state index contributed by atoms with van der Waals surface area (Å²) in [5.41, 5.74) is 1.15. The average Bonchev–Trinajstić information content (AvgIpc) is 2.72. The van der Waals surface area contributed by atoms with E-state index in [4.69, 9.17) is 0 Å². The monoisotopic (exact) mass is 274 g/mol. The van der Waals surface area contributed by atoms with Crippen LogP contribution in [0.4, 0.5) is 0 Å². The lowest BCUT2D eigenvalue weighted by Gasteiger charge is -2.21. The fourth-order valence-corrected chi connectivity index (χ4v) is 2.99. The zero-order valence-corrected chi connectivity index (χ0v) is 12.7. The van der Waals surface area contributed by atoms with E-state index in [9.17, 15) is 4.79 Å². The third-order valence-electron chi connectivity index (χ3n) is 4.42. The van der Waals surface area contributed by atoms with Crippen molar-refractivity contribution in [2.45, 2.75) is 46.0 Å². The van der Waals surface area contributed by atoms with Gasteiger partial charge in [-0.05, 0) is 49.1 Å². The molecular formula is C17H26N2O. The van der Waals surface area contributed by atoms with Gasteiger partial charge in [0.15, 0.2) is 0 Å². The highest BCUT2D eigenvalue weighted by Crippen LogP contribution is 2.24. The van der Waals surface area contributed by atoms with Gasteiger partial charge in [-0.1, -0.05) is 19.9 Å². The van der Waals surface area contributed by atoms with Gasteiger partial charge in [0, 0.05) is 31.9 Å². The molecule has 1 aromatic heterocycles. The number of amides is 1. The summed E-state index contributed by atoms with van der Waals surface area (Å²) >= 11 is 0. The molecule has 1 aliphatic heterocycles. The number of carbonyl (C=O) groups is 1. The number of aryl methyl sites for hydroxylation is 1. The summed E-state index contributed by atoms with van der Waals surface area (Å²) < 4.78 is 0. The maximum atomic E-state index is 12.3. The summed E-state index contributed by atoms with van der Waals surface area (Å²) in [6.07, 6.45) is 8.62. The fraction of sp³-hybridized carbons (Fsp3) is 0.647. The third-order valence-corrected chi connectivity index (χ3v) is 4.42. The summed E-state index contributed by atoms with van der Waals surface area (Å²) in [4.78, 5) is 18.5. The van der Waals surface area contributed by atoms with Crippen molar-refractivity contribution < 1.29 is 4.79 Å². The molecule has 1 aliphatic rings. The minimum atomic E-state index is 0.304. The Kier molecular flexibility index (Phi) is 5.57. The Morgan fingerprint density at radius 2 is 2.25 bits per heavy atom. The molecule has 0 radical (unpaired) electrons. The van der Waals surface area contributed by atoms with Crippen LogP contribution >= 0.6 is 0 Å². The number of hydrogen-bond donors (Lipinski definition) is 0. The van der Waals surface area contributed by atoms with E-state index < -0.39 is 0 Å². The number of rotatable bonds is 4. The van der Waals surface area contributed by atoms with Crippen molar-refractivity contribution in [1.82, 2.24) is 9.88 Å².